The maximum atomic E-state index is 5.57. The van der Waals surface area contributed by atoms with Gasteiger partial charge in [0.15, 0.2) is 0 Å². The molecule has 0 radical (unpaired) electrons. The van der Waals surface area contributed by atoms with Crippen molar-refractivity contribution in [3.05, 3.63) is 29.8 Å². The number of benzene rings is 1. The molecule has 0 aliphatic carbocycles. The number of hydrogen-bond acceptors (Lipinski definition) is 5. The standard InChI is InChI=1S/C8H9N5S/c9-7-3-1-6(2-4-7)5-14-8-10-12-13-11-8/h1-4H,5,9H2,(H,10,11,12,13). The fraction of sp³-hybridized carbons (Fsp3) is 0.125. The Kier molecular flexibility index (Phi) is 2.64. The molecule has 6 heteroatoms. The minimum Gasteiger partial charge on any atom is -0.399 e. The first-order valence-corrected chi connectivity index (χ1v) is 5.04. The molecule has 1 aromatic carbocycles. The van der Waals surface area contributed by atoms with Gasteiger partial charge in [-0.15, -0.1) is 10.2 Å². The number of aromatic amines is 1. The average Bonchev–Trinajstić information content (AvgIpc) is 2.70. The lowest BCUT2D eigenvalue weighted by Crippen LogP contribution is -1.86. The third-order valence-corrected chi connectivity index (χ3v) is 2.58. The number of anilines is 1. The van der Waals surface area contributed by atoms with Gasteiger partial charge in [0.1, 0.15) is 0 Å². The predicted molar refractivity (Wildman–Crippen MR) is 54.6 cm³/mol. The molecule has 14 heavy (non-hydrogen) atoms. The number of nitrogens with one attached hydrogen (secondary N) is 1. The van der Waals surface area contributed by atoms with Crippen molar-refractivity contribution in [1.82, 2.24) is 20.6 Å². The highest BCUT2D eigenvalue weighted by molar-refractivity contribution is 7.98. The molecule has 2 aromatic rings. The quantitative estimate of drug-likeness (QED) is 0.581. The van der Waals surface area contributed by atoms with Gasteiger partial charge in [0.2, 0.25) is 5.16 Å². The SMILES string of the molecule is Nc1ccc(CSc2nn[nH]n2)cc1. The Morgan fingerprint density at radius 3 is 2.71 bits per heavy atom. The van der Waals surface area contributed by atoms with Crippen LogP contribution >= 0.6 is 11.8 Å². The van der Waals surface area contributed by atoms with Gasteiger partial charge in [-0.1, -0.05) is 23.9 Å². The molecule has 72 valence electrons. The van der Waals surface area contributed by atoms with Gasteiger partial charge < -0.3 is 5.73 Å². The Morgan fingerprint density at radius 1 is 1.29 bits per heavy atom. The Hall–Kier alpha value is -1.56. The first kappa shape index (κ1) is 9.01. The Labute approximate surface area is 85.1 Å². The molecule has 0 bridgehead atoms. The zero-order chi connectivity index (χ0) is 9.80. The Balaban J connectivity index is 1.95. The van der Waals surface area contributed by atoms with E-state index in [0.717, 1.165) is 11.4 Å². The van der Waals surface area contributed by atoms with E-state index in [1.807, 2.05) is 24.3 Å². The van der Waals surface area contributed by atoms with Crippen molar-refractivity contribution in [2.45, 2.75) is 10.9 Å². The van der Waals surface area contributed by atoms with Crippen LogP contribution in [-0.4, -0.2) is 20.6 Å². The molecule has 0 spiro atoms. The highest BCUT2D eigenvalue weighted by Crippen LogP contribution is 2.18. The van der Waals surface area contributed by atoms with Crippen molar-refractivity contribution in [2.24, 2.45) is 0 Å². The molecule has 3 N–H and O–H groups in total. The third-order valence-electron chi connectivity index (χ3n) is 1.67. The van der Waals surface area contributed by atoms with Crippen LogP contribution in [0.25, 0.3) is 0 Å². The smallest absolute Gasteiger partial charge is 0.231 e. The number of aromatic nitrogens is 4. The lowest BCUT2D eigenvalue weighted by molar-refractivity contribution is 0.881. The normalized spacial score (nSPS) is 10.3. The minimum absolute atomic E-state index is 0.654. The maximum Gasteiger partial charge on any atom is 0.231 e. The van der Waals surface area contributed by atoms with Crippen molar-refractivity contribution in [1.29, 1.82) is 0 Å². The van der Waals surface area contributed by atoms with Gasteiger partial charge in [0.05, 0.1) is 0 Å². The predicted octanol–water partition coefficient (Wildman–Crippen LogP) is 1.07. The van der Waals surface area contributed by atoms with E-state index < -0.39 is 0 Å². The van der Waals surface area contributed by atoms with Crippen LogP contribution in [-0.2, 0) is 5.75 Å². The van der Waals surface area contributed by atoms with Gasteiger partial charge in [-0.3, -0.25) is 0 Å². The van der Waals surface area contributed by atoms with Crippen molar-refractivity contribution in [2.75, 3.05) is 5.73 Å². The van der Waals surface area contributed by atoms with E-state index in [1.165, 1.54) is 17.3 Å². The molecule has 0 unspecified atom stereocenters. The highest BCUT2D eigenvalue weighted by atomic mass is 32.2. The van der Waals surface area contributed by atoms with Gasteiger partial charge in [-0.25, -0.2) is 0 Å². The molecule has 0 saturated carbocycles. The van der Waals surface area contributed by atoms with Gasteiger partial charge in [-0.2, -0.15) is 5.21 Å². The highest BCUT2D eigenvalue weighted by Gasteiger charge is 1.99. The van der Waals surface area contributed by atoms with E-state index in [1.54, 1.807) is 0 Å². The molecule has 0 aliphatic rings. The fourth-order valence-electron chi connectivity index (χ4n) is 0.976. The van der Waals surface area contributed by atoms with Crippen LogP contribution in [0.15, 0.2) is 29.4 Å². The monoisotopic (exact) mass is 207 g/mol. The largest absolute Gasteiger partial charge is 0.399 e. The van der Waals surface area contributed by atoms with Crippen LogP contribution in [0.2, 0.25) is 0 Å². The molecule has 0 aliphatic heterocycles. The first-order valence-electron chi connectivity index (χ1n) is 4.05. The Morgan fingerprint density at radius 2 is 2.07 bits per heavy atom. The molecule has 0 amide bonds. The number of thioether (sulfide) groups is 1. The van der Waals surface area contributed by atoms with E-state index in [0.29, 0.717) is 5.16 Å². The summed E-state index contributed by atoms with van der Waals surface area (Å²) in [7, 11) is 0. The van der Waals surface area contributed by atoms with Gasteiger partial charge in [-0.05, 0) is 22.9 Å². The van der Waals surface area contributed by atoms with E-state index in [-0.39, 0.29) is 0 Å². The first-order chi connectivity index (χ1) is 6.84. The molecule has 1 aromatic heterocycles. The Bertz CT molecular complexity index is 383. The molecular formula is C8H9N5S. The summed E-state index contributed by atoms with van der Waals surface area (Å²) in [6, 6.07) is 7.74. The zero-order valence-corrected chi connectivity index (χ0v) is 8.16. The van der Waals surface area contributed by atoms with E-state index >= 15 is 0 Å². The van der Waals surface area contributed by atoms with Crippen LogP contribution in [0.3, 0.4) is 0 Å². The topological polar surface area (TPSA) is 80.5 Å². The summed E-state index contributed by atoms with van der Waals surface area (Å²) < 4.78 is 0. The van der Waals surface area contributed by atoms with Crippen molar-refractivity contribution < 1.29 is 0 Å². The number of rotatable bonds is 3. The van der Waals surface area contributed by atoms with Crippen LogP contribution < -0.4 is 5.73 Å². The van der Waals surface area contributed by atoms with Crippen molar-refractivity contribution in [3.8, 4) is 0 Å². The molecule has 1 heterocycles. The third kappa shape index (κ3) is 2.23. The van der Waals surface area contributed by atoms with Gasteiger partial charge >= 0.3 is 0 Å². The number of nitrogens with two attached hydrogens (primary N) is 1. The van der Waals surface area contributed by atoms with E-state index in [9.17, 15) is 0 Å². The maximum absolute atomic E-state index is 5.57. The number of nitrogens with zero attached hydrogens (tertiary/aromatic N) is 3. The zero-order valence-electron chi connectivity index (χ0n) is 7.34. The molecule has 2 rings (SSSR count). The van der Waals surface area contributed by atoms with E-state index in [4.69, 9.17) is 5.73 Å². The second-order valence-electron chi connectivity index (χ2n) is 2.72. The summed E-state index contributed by atoms with van der Waals surface area (Å²) in [5, 5.41) is 14.2. The lowest BCUT2D eigenvalue weighted by atomic mass is 10.2. The van der Waals surface area contributed by atoms with Gasteiger partial charge in [0.25, 0.3) is 0 Å². The second-order valence-corrected chi connectivity index (χ2v) is 3.67. The number of H-pyrrole nitrogens is 1. The average molecular weight is 207 g/mol. The molecule has 0 saturated heterocycles. The van der Waals surface area contributed by atoms with Crippen LogP contribution in [0, 0.1) is 0 Å². The van der Waals surface area contributed by atoms with Crippen molar-refractivity contribution in [3.63, 3.8) is 0 Å². The molecule has 5 nitrogen and oxygen atoms in total. The van der Waals surface area contributed by atoms with Crippen LogP contribution in [0.1, 0.15) is 5.56 Å². The lowest BCUT2D eigenvalue weighted by Gasteiger charge is -1.98. The minimum atomic E-state index is 0.654. The van der Waals surface area contributed by atoms with Crippen molar-refractivity contribution >= 4 is 17.4 Å². The number of nitrogen functional groups attached to an aromatic ring is 1. The summed E-state index contributed by atoms with van der Waals surface area (Å²) in [5.41, 5.74) is 7.54. The summed E-state index contributed by atoms with van der Waals surface area (Å²) in [5.74, 6) is 0.819. The molecular weight excluding hydrogens is 198 g/mol. The number of hydrogen-bond donors (Lipinski definition) is 2. The summed E-state index contributed by atoms with van der Waals surface area (Å²) in [6.45, 7) is 0. The van der Waals surface area contributed by atoms with Gasteiger partial charge in [0, 0.05) is 11.4 Å². The fourth-order valence-corrected chi connectivity index (χ4v) is 1.67. The summed E-state index contributed by atoms with van der Waals surface area (Å²) in [4.78, 5) is 0. The van der Waals surface area contributed by atoms with Crippen LogP contribution in [0.4, 0.5) is 5.69 Å². The molecule has 0 atom stereocenters. The molecule has 0 fully saturated rings. The summed E-state index contributed by atoms with van der Waals surface area (Å²) >= 11 is 1.53. The second kappa shape index (κ2) is 4.10. The summed E-state index contributed by atoms with van der Waals surface area (Å²) in [6.07, 6.45) is 0. The van der Waals surface area contributed by atoms with Crippen LogP contribution in [0.5, 0.6) is 0 Å². The number of tetrazole rings is 1. The van der Waals surface area contributed by atoms with E-state index in [2.05, 4.69) is 20.6 Å².